The van der Waals surface area contributed by atoms with Gasteiger partial charge in [-0.3, -0.25) is 4.79 Å². The van der Waals surface area contributed by atoms with Gasteiger partial charge in [-0.1, -0.05) is 22.0 Å². The third kappa shape index (κ3) is 2.53. The summed E-state index contributed by atoms with van der Waals surface area (Å²) < 4.78 is 6.12. The molecule has 0 fully saturated rings. The standard InChI is InChI=1S/C13H16BrNO2/c1-2-17-12(16)13(15)6-5-9-7-11(14)4-3-10(9)8-13/h3-4,7H,2,5-6,8,15H2,1H3. The zero-order chi connectivity index (χ0) is 12.5. The van der Waals surface area contributed by atoms with Gasteiger partial charge in [-0.2, -0.15) is 0 Å². The molecule has 0 spiro atoms. The van der Waals surface area contributed by atoms with E-state index in [0.717, 1.165) is 16.5 Å². The molecule has 1 unspecified atom stereocenters. The van der Waals surface area contributed by atoms with Gasteiger partial charge in [0.15, 0.2) is 0 Å². The van der Waals surface area contributed by atoms with E-state index in [9.17, 15) is 4.79 Å². The minimum absolute atomic E-state index is 0.284. The summed E-state index contributed by atoms with van der Waals surface area (Å²) in [5.74, 6) is -0.284. The van der Waals surface area contributed by atoms with Crippen LogP contribution in [0.25, 0.3) is 0 Å². The molecule has 4 heteroatoms. The lowest BCUT2D eigenvalue weighted by Crippen LogP contribution is -2.53. The maximum Gasteiger partial charge on any atom is 0.326 e. The van der Waals surface area contributed by atoms with Crippen LogP contribution in [-0.2, 0) is 22.4 Å². The van der Waals surface area contributed by atoms with Gasteiger partial charge < -0.3 is 10.5 Å². The highest BCUT2D eigenvalue weighted by Gasteiger charge is 2.38. The average Bonchev–Trinajstić information content (AvgIpc) is 2.30. The number of ether oxygens (including phenoxy) is 1. The lowest BCUT2D eigenvalue weighted by Gasteiger charge is -2.32. The second kappa shape index (κ2) is 4.78. The summed E-state index contributed by atoms with van der Waals surface area (Å²) in [5.41, 5.74) is 7.72. The van der Waals surface area contributed by atoms with Crippen molar-refractivity contribution in [1.29, 1.82) is 0 Å². The van der Waals surface area contributed by atoms with Crippen molar-refractivity contribution in [3.05, 3.63) is 33.8 Å². The number of carbonyl (C=O) groups excluding carboxylic acids is 1. The summed E-state index contributed by atoms with van der Waals surface area (Å²) in [6.45, 7) is 2.18. The highest BCUT2D eigenvalue weighted by molar-refractivity contribution is 9.10. The minimum Gasteiger partial charge on any atom is -0.465 e. The van der Waals surface area contributed by atoms with Crippen molar-refractivity contribution in [3.63, 3.8) is 0 Å². The Labute approximate surface area is 109 Å². The van der Waals surface area contributed by atoms with E-state index in [1.165, 1.54) is 5.56 Å². The second-order valence-electron chi connectivity index (χ2n) is 4.47. The molecule has 0 aliphatic heterocycles. The van der Waals surface area contributed by atoms with Gasteiger partial charge in [0, 0.05) is 10.9 Å². The molecule has 1 aromatic rings. The summed E-state index contributed by atoms with van der Waals surface area (Å²) in [6.07, 6.45) is 2.04. The van der Waals surface area contributed by atoms with Crippen molar-refractivity contribution in [3.8, 4) is 0 Å². The number of esters is 1. The Bertz CT molecular complexity index is 447. The molecule has 1 aliphatic rings. The van der Waals surface area contributed by atoms with Gasteiger partial charge in [0.1, 0.15) is 5.54 Å². The minimum atomic E-state index is -0.850. The molecular formula is C13H16BrNO2. The number of fused-ring (bicyclic) bond motifs is 1. The van der Waals surface area contributed by atoms with Crippen LogP contribution in [0.3, 0.4) is 0 Å². The van der Waals surface area contributed by atoms with Gasteiger partial charge in [0.25, 0.3) is 0 Å². The van der Waals surface area contributed by atoms with Crippen LogP contribution in [0.15, 0.2) is 22.7 Å². The quantitative estimate of drug-likeness (QED) is 0.852. The van der Waals surface area contributed by atoms with Crippen LogP contribution in [0.1, 0.15) is 24.5 Å². The molecule has 1 aromatic carbocycles. The van der Waals surface area contributed by atoms with Crippen LogP contribution in [0.5, 0.6) is 0 Å². The first-order valence-corrected chi connectivity index (χ1v) is 6.58. The maximum absolute atomic E-state index is 11.8. The first kappa shape index (κ1) is 12.6. The number of carbonyl (C=O) groups is 1. The van der Waals surface area contributed by atoms with E-state index in [4.69, 9.17) is 10.5 Å². The maximum atomic E-state index is 11.8. The molecule has 1 atom stereocenters. The molecule has 1 aliphatic carbocycles. The molecule has 0 saturated heterocycles. The van der Waals surface area contributed by atoms with Gasteiger partial charge in [0.05, 0.1) is 6.61 Å². The Morgan fingerprint density at radius 3 is 3.00 bits per heavy atom. The molecule has 0 aromatic heterocycles. The highest BCUT2D eigenvalue weighted by Crippen LogP contribution is 2.30. The van der Waals surface area contributed by atoms with Gasteiger partial charge in [-0.15, -0.1) is 0 Å². The van der Waals surface area contributed by atoms with Gasteiger partial charge in [-0.05, 0) is 43.0 Å². The Kier molecular flexibility index (Phi) is 3.54. The molecule has 3 nitrogen and oxygen atoms in total. The first-order chi connectivity index (χ1) is 8.05. The van der Waals surface area contributed by atoms with Gasteiger partial charge in [-0.25, -0.2) is 0 Å². The average molecular weight is 298 g/mol. The van der Waals surface area contributed by atoms with E-state index in [1.807, 2.05) is 12.1 Å². The molecule has 0 heterocycles. The Morgan fingerprint density at radius 2 is 2.29 bits per heavy atom. The Balaban J connectivity index is 2.23. The van der Waals surface area contributed by atoms with Crippen molar-refractivity contribution in [1.82, 2.24) is 0 Å². The molecule has 92 valence electrons. The number of hydrogen-bond acceptors (Lipinski definition) is 3. The zero-order valence-corrected chi connectivity index (χ0v) is 11.4. The number of halogens is 1. The fourth-order valence-corrected chi connectivity index (χ4v) is 2.64. The normalized spacial score (nSPS) is 23.0. The fourth-order valence-electron chi connectivity index (χ4n) is 2.23. The predicted octanol–water partition coefficient (Wildman–Crippen LogP) is 2.20. The number of benzene rings is 1. The number of rotatable bonds is 2. The molecule has 0 amide bonds. The molecule has 0 radical (unpaired) electrons. The van der Waals surface area contributed by atoms with Crippen molar-refractivity contribution in [2.24, 2.45) is 5.73 Å². The first-order valence-electron chi connectivity index (χ1n) is 5.78. The molecule has 0 bridgehead atoms. The third-order valence-electron chi connectivity index (χ3n) is 3.20. The van der Waals surface area contributed by atoms with Crippen molar-refractivity contribution in [2.75, 3.05) is 6.61 Å². The van der Waals surface area contributed by atoms with Crippen molar-refractivity contribution >= 4 is 21.9 Å². The Hall–Kier alpha value is -0.870. The van der Waals surface area contributed by atoms with Gasteiger partial charge in [0.2, 0.25) is 0 Å². The largest absolute Gasteiger partial charge is 0.465 e. The zero-order valence-electron chi connectivity index (χ0n) is 9.83. The summed E-state index contributed by atoms with van der Waals surface area (Å²) in [5, 5.41) is 0. The fraction of sp³-hybridized carbons (Fsp3) is 0.462. The van der Waals surface area contributed by atoms with Crippen LogP contribution < -0.4 is 5.73 Å². The van der Waals surface area contributed by atoms with E-state index in [2.05, 4.69) is 22.0 Å². The molecule has 0 saturated carbocycles. The lowest BCUT2D eigenvalue weighted by molar-refractivity contribution is -0.150. The van der Waals surface area contributed by atoms with E-state index in [1.54, 1.807) is 6.92 Å². The molecule has 2 N–H and O–H groups in total. The van der Waals surface area contributed by atoms with Crippen LogP contribution in [0.4, 0.5) is 0 Å². The number of nitrogens with two attached hydrogens (primary N) is 1. The second-order valence-corrected chi connectivity index (χ2v) is 5.38. The summed E-state index contributed by atoms with van der Waals surface area (Å²) >= 11 is 3.45. The SMILES string of the molecule is CCOC(=O)C1(N)CCc2cc(Br)ccc2C1. The van der Waals surface area contributed by atoms with E-state index < -0.39 is 5.54 Å². The Morgan fingerprint density at radius 1 is 1.53 bits per heavy atom. The molecule has 17 heavy (non-hydrogen) atoms. The van der Waals surface area contributed by atoms with E-state index >= 15 is 0 Å². The van der Waals surface area contributed by atoms with Crippen LogP contribution in [-0.4, -0.2) is 18.1 Å². The van der Waals surface area contributed by atoms with Crippen LogP contribution >= 0.6 is 15.9 Å². The molecule has 2 rings (SSSR count). The number of hydrogen-bond donors (Lipinski definition) is 1. The van der Waals surface area contributed by atoms with Crippen LogP contribution in [0.2, 0.25) is 0 Å². The summed E-state index contributed by atoms with van der Waals surface area (Å²) in [4.78, 5) is 11.8. The third-order valence-corrected chi connectivity index (χ3v) is 3.69. The smallest absolute Gasteiger partial charge is 0.326 e. The van der Waals surface area contributed by atoms with Crippen molar-refractivity contribution in [2.45, 2.75) is 31.7 Å². The monoisotopic (exact) mass is 297 g/mol. The topological polar surface area (TPSA) is 52.3 Å². The van der Waals surface area contributed by atoms with E-state index in [0.29, 0.717) is 19.4 Å². The summed E-state index contributed by atoms with van der Waals surface area (Å²) in [7, 11) is 0. The van der Waals surface area contributed by atoms with Crippen molar-refractivity contribution < 1.29 is 9.53 Å². The summed E-state index contributed by atoms with van der Waals surface area (Å²) in [6, 6.07) is 6.11. The van der Waals surface area contributed by atoms with Crippen LogP contribution in [0, 0.1) is 0 Å². The molecular weight excluding hydrogens is 282 g/mol. The predicted molar refractivity (Wildman–Crippen MR) is 69.7 cm³/mol. The van der Waals surface area contributed by atoms with Gasteiger partial charge >= 0.3 is 5.97 Å². The highest BCUT2D eigenvalue weighted by atomic mass is 79.9. The number of aryl methyl sites for hydroxylation is 1. The van der Waals surface area contributed by atoms with E-state index in [-0.39, 0.29) is 5.97 Å². The lowest BCUT2D eigenvalue weighted by atomic mass is 9.78.